The Kier molecular flexibility index (Phi) is 8.84. The molecule has 1 heterocycles. The number of fused-ring (bicyclic) bond motifs is 3. The van der Waals surface area contributed by atoms with E-state index in [0.717, 1.165) is 36.4 Å². The lowest BCUT2D eigenvalue weighted by atomic mass is 10.0. The molecule has 5 rings (SSSR count). The molecule has 42 heavy (non-hydrogen) atoms. The minimum atomic E-state index is -5.15. The van der Waals surface area contributed by atoms with E-state index in [2.05, 4.69) is 9.47 Å². The van der Waals surface area contributed by atoms with E-state index in [0.29, 0.717) is 6.07 Å². The van der Waals surface area contributed by atoms with E-state index in [1.165, 1.54) is 18.2 Å². The fourth-order valence-corrected chi connectivity index (χ4v) is 3.66. The highest BCUT2D eigenvalue weighted by Crippen LogP contribution is 2.39. The number of ether oxygens (including phenoxy) is 2. The zero-order valence-electron chi connectivity index (χ0n) is 19.6. The van der Waals surface area contributed by atoms with Gasteiger partial charge in [0.05, 0.1) is 0 Å². The molecule has 0 unspecified atom stereocenters. The summed E-state index contributed by atoms with van der Waals surface area (Å²) >= 11 is 0. The standard InChI is InChI=1S/C13H6F6O2.C13H5F5O2.CH4/c14-8-3-1-2-6(10(8)15)7-4-5-9(11(16)12(7)20)21-13(17,18)19;14-8-3-1-2-6-7-4-5-9(20-13(16,17)18)10(15)12(7)19-11(6)8;/h1-5,20H;1-5H;1H4. The highest BCUT2D eigenvalue weighted by atomic mass is 19.4. The van der Waals surface area contributed by atoms with E-state index in [1.54, 1.807) is 0 Å². The Labute approximate surface area is 228 Å². The molecule has 0 fully saturated rings. The Morgan fingerprint density at radius 1 is 0.548 bits per heavy atom. The molecule has 0 aliphatic rings. The predicted molar refractivity (Wildman–Crippen MR) is 127 cm³/mol. The van der Waals surface area contributed by atoms with Crippen molar-refractivity contribution in [3.8, 4) is 28.4 Å². The van der Waals surface area contributed by atoms with Gasteiger partial charge in [0.1, 0.15) is 0 Å². The Hall–Kier alpha value is -4.69. The van der Waals surface area contributed by atoms with Crippen LogP contribution >= 0.6 is 0 Å². The maximum atomic E-state index is 13.9. The molecule has 4 nitrogen and oxygen atoms in total. The molecule has 0 aliphatic carbocycles. The lowest BCUT2D eigenvalue weighted by molar-refractivity contribution is -0.276. The molecular weight excluding hydrogens is 597 g/mol. The summed E-state index contributed by atoms with van der Waals surface area (Å²) in [6, 6.07) is 10.3. The second kappa shape index (κ2) is 11.7. The van der Waals surface area contributed by atoms with Crippen LogP contribution < -0.4 is 9.47 Å². The first-order valence-corrected chi connectivity index (χ1v) is 10.8. The van der Waals surface area contributed by atoms with Crippen molar-refractivity contribution in [2.45, 2.75) is 20.2 Å². The van der Waals surface area contributed by atoms with Crippen molar-refractivity contribution in [3.63, 3.8) is 0 Å². The number of hydrogen-bond acceptors (Lipinski definition) is 4. The molecule has 0 aliphatic heterocycles. The van der Waals surface area contributed by atoms with Gasteiger partial charge in [0.15, 0.2) is 45.9 Å². The normalized spacial score (nSPS) is 11.6. The number of furan rings is 1. The first-order valence-electron chi connectivity index (χ1n) is 10.8. The predicted octanol–water partition coefficient (Wildman–Crippen LogP) is 9.77. The lowest BCUT2D eigenvalue weighted by Gasteiger charge is -2.13. The summed E-state index contributed by atoms with van der Waals surface area (Å²) in [6.45, 7) is 0. The van der Waals surface area contributed by atoms with Crippen LogP contribution in [0.15, 0.2) is 65.1 Å². The molecule has 0 amide bonds. The van der Waals surface area contributed by atoms with E-state index in [9.17, 15) is 53.4 Å². The average Bonchev–Trinajstić information content (AvgIpc) is 3.26. The summed E-state index contributed by atoms with van der Waals surface area (Å²) in [5.41, 5.74) is -1.69. The van der Waals surface area contributed by atoms with Crippen LogP contribution in [0.2, 0.25) is 0 Å². The van der Waals surface area contributed by atoms with Gasteiger partial charge < -0.3 is 19.0 Å². The lowest BCUT2D eigenvalue weighted by Crippen LogP contribution is -2.18. The minimum Gasteiger partial charge on any atom is -0.504 e. The fourth-order valence-electron chi connectivity index (χ4n) is 3.66. The highest BCUT2D eigenvalue weighted by Gasteiger charge is 2.34. The van der Waals surface area contributed by atoms with Crippen LogP contribution in [0, 0.1) is 29.1 Å². The van der Waals surface area contributed by atoms with Gasteiger partial charge in [-0.2, -0.15) is 8.78 Å². The molecule has 224 valence electrons. The molecule has 0 radical (unpaired) electrons. The van der Waals surface area contributed by atoms with Gasteiger partial charge in [-0.1, -0.05) is 31.7 Å². The van der Waals surface area contributed by atoms with Gasteiger partial charge in [-0.3, -0.25) is 0 Å². The molecule has 4 aromatic carbocycles. The molecule has 0 bridgehead atoms. The smallest absolute Gasteiger partial charge is 0.504 e. The number of alkyl halides is 6. The number of para-hydroxylation sites is 1. The third kappa shape index (κ3) is 6.61. The summed E-state index contributed by atoms with van der Waals surface area (Å²) < 4.78 is 152. The summed E-state index contributed by atoms with van der Waals surface area (Å²) in [5, 5.41) is 9.98. The number of rotatable bonds is 3. The summed E-state index contributed by atoms with van der Waals surface area (Å²) in [7, 11) is 0. The van der Waals surface area contributed by atoms with Crippen LogP contribution in [0.1, 0.15) is 7.43 Å². The molecule has 0 atom stereocenters. The maximum absolute atomic E-state index is 13.9. The van der Waals surface area contributed by atoms with E-state index in [1.807, 2.05) is 0 Å². The fraction of sp³-hybridized carbons (Fsp3) is 0.111. The van der Waals surface area contributed by atoms with Gasteiger partial charge in [-0.05, 0) is 36.4 Å². The van der Waals surface area contributed by atoms with Gasteiger partial charge in [-0.25, -0.2) is 13.2 Å². The molecule has 0 saturated carbocycles. The number of halogens is 11. The molecule has 1 aromatic heterocycles. The first kappa shape index (κ1) is 31.8. The average molecular weight is 612 g/mol. The summed E-state index contributed by atoms with van der Waals surface area (Å²) in [5.74, 6) is -9.97. The van der Waals surface area contributed by atoms with Crippen LogP contribution in [0.4, 0.5) is 48.3 Å². The zero-order chi connectivity index (χ0) is 30.3. The number of benzene rings is 4. The van der Waals surface area contributed by atoms with E-state index in [4.69, 9.17) is 4.42 Å². The van der Waals surface area contributed by atoms with Crippen LogP contribution in [-0.2, 0) is 0 Å². The van der Waals surface area contributed by atoms with E-state index < -0.39 is 75.8 Å². The summed E-state index contributed by atoms with van der Waals surface area (Å²) in [6.07, 6.45) is -10.2. The van der Waals surface area contributed by atoms with Crippen molar-refractivity contribution < 1.29 is 67.3 Å². The van der Waals surface area contributed by atoms with Crippen molar-refractivity contribution >= 4 is 21.9 Å². The van der Waals surface area contributed by atoms with Crippen molar-refractivity contribution in [1.82, 2.24) is 0 Å². The molecule has 0 saturated heterocycles. The van der Waals surface area contributed by atoms with Crippen molar-refractivity contribution in [2.75, 3.05) is 0 Å². The Balaban J connectivity index is 0.000000225. The number of hydrogen-bond donors (Lipinski definition) is 1. The van der Waals surface area contributed by atoms with E-state index in [-0.39, 0.29) is 23.8 Å². The van der Waals surface area contributed by atoms with Gasteiger partial charge in [-0.15, -0.1) is 26.3 Å². The van der Waals surface area contributed by atoms with Crippen molar-refractivity contribution in [3.05, 3.63) is 89.7 Å². The van der Waals surface area contributed by atoms with Gasteiger partial charge in [0, 0.05) is 21.9 Å². The highest BCUT2D eigenvalue weighted by molar-refractivity contribution is 6.05. The third-order valence-electron chi connectivity index (χ3n) is 5.30. The van der Waals surface area contributed by atoms with Gasteiger partial charge in [0.25, 0.3) is 0 Å². The molecule has 15 heteroatoms. The Bertz CT molecular complexity index is 1740. The molecule has 1 N–H and O–H groups in total. The zero-order valence-corrected chi connectivity index (χ0v) is 19.6. The van der Waals surface area contributed by atoms with Crippen LogP contribution in [-0.4, -0.2) is 17.8 Å². The van der Waals surface area contributed by atoms with E-state index >= 15 is 0 Å². The second-order valence-corrected chi connectivity index (χ2v) is 7.94. The summed E-state index contributed by atoms with van der Waals surface area (Å²) in [4.78, 5) is 0. The van der Waals surface area contributed by atoms with Crippen molar-refractivity contribution in [1.29, 1.82) is 0 Å². The quantitative estimate of drug-likeness (QED) is 0.206. The maximum Gasteiger partial charge on any atom is 0.573 e. The third-order valence-corrected chi connectivity index (χ3v) is 5.30. The van der Waals surface area contributed by atoms with Crippen molar-refractivity contribution in [2.24, 2.45) is 0 Å². The molecule has 0 spiro atoms. The molecular formula is C27H15F11O4. The topological polar surface area (TPSA) is 51.8 Å². The Morgan fingerprint density at radius 2 is 1.07 bits per heavy atom. The Morgan fingerprint density at radius 3 is 1.69 bits per heavy atom. The minimum absolute atomic E-state index is 0. The number of phenols is 1. The first-order chi connectivity index (χ1) is 19.1. The molecule has 5 aromatic rings. The number of aromatic hydroxyl groups is 1. The SMILES string of the molecule is C.Fc1cccc2c1oc1c(F)c(OC(F)(F)F)ccc12.Oc1c(-c2cccc(F)c2F)ccc(OC(F)(F)F)c1F. The van der Waals surface area contributed by atoms with Crippen LogP contribution in [0.3, 0.4) is 0 Å². The second-order valence-electron chi connectivity index (χ2n) is 7.94. The van der Waals surface area contributed by atoms with Crippen LogP contribution in [0.25, 0.3) is 33.1 Å². The van der Waals surface area contributed by atoms with Gasteiger partial charge >= 0.3 is 12.7 Å². The number of phenolic OH excluding ortho intramolecular Hbond substituents is 1. The van der Waals surface area contributed by atoms with Gasteiger partial charge in [0.2, 0.25) is 11.6 Å². The van der Waals surface area contributed by atoms with Crippen LogP contribution in [0.5, 0.6) is 17.2 Å². The monoisotopic (exact) mass is 612 g/mol. The largest absolute Gasteiger partial charge is 0.573 e.